The molecule has 9 heteroatoms. The van der Waals surface area contributed by atoms with Crippen LogP contribution in [0.5, 0.6) is 11.5 Å². The second-order valence-corrected chi connectivity index (χ2v) is 8.21. The van der Waals surface area contributed by atoms with Crippen molar-refractivity contribution in [2.75, 3.05) is 19.5 Å². The lowest BCUT2D eigenvalue weighted by molar-refractivity contribution is -0.134. The molecule has 0 aliphatic carbocycles. The Bertz CT molecular complexity index is 1160. The Morgan fingerprint density at radius 3 is 2.65 bits per heavy atom. The second-order valence-electron chi connectivity index (χ2n) is 7.80. The van der Waals surface area contributed by atoms with Crippen LogP contribution in [0.15, 0.2) is 35.9 Å². The number of esters is 2. The number of rotatable bonds is 8. The van der Waals surface area contributed by atoms with E-state index in [1.807, 2.05) is 19.9 Å². The lowest BCUT2D eigenvalue weighted by atomic mass is 9.93. The van der Waals surface area contributed by atoms with Crippen molar-refractivity contribution < 1.29 is 28.6 Å². The molecule has 0 fully saturated rings. The van der Waals surface area contributed by atoms with E-state index in [0.29, 0.717) is 51.7 Å². The average molecular weight is 487 g/mol. The minimum Gasteiger partial charge on any atom is -0.496 e. The van der Waals surface area contributed by atoms with Crippen LogP contribution in [-0.2, 0) is 22.6 Å². The molecule has 34 heavy (non-hydrogen) atoms. The van der Waals surface area contributed by atoms with Gasteiger partial charge >= 0.3 is 18.0 Å². The lowest BCUT2D eigenvalue weighted by Gasteiger charge is -2.19. The van der Waals surface area contributed by atoms with Gasteiger partial charge in [0, 0.05) is 24.6 Å². The van der Waals surface area contributed by atoms with E-state index < -0.39 is 18.0 Å². The average Bonchev–Trinajstić information content (AvgIpc) is 3.21. The van der Waals surface area contributed by atoms with Crippen LogP contribution < -0.4 is 20.1 Å². The highest BCUT2D eigenvalue weighted by Gasteiger charge is 2.32. The Morgan fingerprint density at radius 1 is 1.24 bits per heavy atom. The fourth-order valence-corrected chi connectivity index (χ4v) is 3.92. The van der Waals surface area contributed by atoms with Crippen LogP contribution in [0.1, 0.15) is 46.8 Å². The summed E-state index contributed by atoms with van der Waals surface area (Å²) in [5.74, 6) is 0.0181. The first kappa shape index (κ1) is 25.1. The molecular formula is C25H27ClN2O6. The number of hydrogen-bond acceptors (Lipinski definition) is 6. The standard InChI is InChI=1S/C25H27ClN2O6/c1-14(10-12-20(29)34-19-8-6-5-7-18(19)26)9-11-16-22(28-25(31)27-3)21-17(13-33-24(21)30)15(2)23(16)32-4/h5-9H,10-13H2,1-4H3,(H2,27,28,31)/b14-9+. The van der Waals surface area contributed by atoms with Gasteiger partial charge in [-0.3, -0.25) is 4.79 Å². The number of cyclic esters (lactones) is 1. The first-order chi connectivity index (χ1) is 16.3. The molecule has 180 valence electrons. The van der Waals surface area contributed by atoms with E-state index in [1.165, 1.54) is 7.05 Å². The van der Waals surface area contributed by atoms with E-state index >= 15 is 0 Å². The molecule has 0 saturated heterocycles. The number of amides is 2. The van der Waals surface area contributed by atoms with E-state index in [9.17, 15) is 14.4 Å². The van der Waals surface area contributed by atoms with Gasteiger partial charge in [0.25, 0.3) is 0 Å². The van der Waals surface area contributed by atoms with Crippen molar-refractivity contribution >= 4 is 35.3 Å². The van der Waals surface area contributed by atoms with E-state index in [-0.39, 0.29) is 13.0 Å². The summed E-state index contributed by atoms with van der Waals surface area (Å²) in [5, 5.41) is 5.63. The fourth-order valence-electron chi connectivity index (χ4n) is 3.75. The van der Waals surface area contributed by atoms with Crippen molar-refractivity contribution in [3.63, 3.8) is 0 Å². The zero-order valence-corrected chi connectivity index (χ0v) is 20.3. The number of ether oxygens (including phenoxy) is 3. The third kappa shape index (κ3) is 5.51. The highest BCUT2D eigenvalue weighted by atomic mass is 35.5. The Morgan fingerprint density at radius 2 is 1.97 bits per heavy atom. The summed E-state index contributed by atoms with van der Waals surface area (Å²) in [6, 6.07) is 6.33. The smallest absolute Gasteiger partial charge is 0.341 e. The van der Waals surface area contributed by atoms with Gasteiger partial charge in [0.2, 0.25) is 0 Å². The SMILES string of the molecule is CNC(=O)Nc1c(C/C=C(\C)CCC(=O)Oc2ccccc2Cl)c(OC)c(C)c2c1C(=O)OC2. The van der Waals surface area contributed by atoms with E-state index in [1.54, 1.807) is 31.4 Å². The van der Waals surface area contributed by atoms with Crippen LogP contribution in [0.3, 0.4) is 0 Å². The van der Waals surface area contributed by atoms with Crippen LogP contribution in [0.4, 0.5) is 10.5 Å². The molecule has 0 saturated carbocycles. The summed E-state index contributed by atoms with van der Waals surface area (Å²) in [4.78, 5) is 36.8. The number of fused-ring (bicyclic) bond motifs is 1. The van der Waals surface area contributed by atoms with Gasteiger partial charge in [0.15, 0.2) is 0 Å². The summed E-state index contributed by atoms with van der Waals surface area (Å²) >= 11 is 6.03. The Balaban J connectivity index is 1.81. The summed E-state index contributed by atoms with van der Waals surface area (Å²) in [6.45, 7) is 3.88. The van der Waals surface area contributed by atoms with Crippen LogP contribution in [0.25, 0.3) is 0 Å². The highest BCUT2D eigenvalue weighted by Crippen LogP contribution is 2.41. The molecule has 3 rings (SSSR count). The number of benzene rings is 2. The lowest BCUT2D eigenvalue weighted by Crippen LogP contribution is -2.26. The number of carbonyl (C=O) groups is 3. The minimum atomic E-state index is -0.489. The van der Waals surface area contributed by atoms with Crippen molar-refractivity contribution in [2.24, 2.45) is 0 Å². The summed E-state index contributed by atoms with van der Waals surface area (Å²) in [5.41, 5.74) is 3.77. The third-order valence-corrected chi connectivity index (χ3v) is 5.89. The van der Waals surface area contributed by atoms with Crippen LogP contribution >= 0.6 is 11.6 Å². The molecule has 0 radical (unpaired) electrons. The molecular weight excluding hydrogens is 460 g/mol. The Kier molecular flexibility index (Phi) is 8.17. The fraction of sp³-hybridized carbons (Fsp3) is 0.320. The molecule has 0 bridgehead atoms. The number of carbonyl (C=O) groups excluding carboxylic acids is 3. The van der Waals surface area contributed by atoms with E-state index in [0.717, 1.165) is 11.1 Å². The first-order valence-electron chi connectivity index (χ1n) is 10.8. The van der Waals surface area contributed by atoms with Crippen molar-refractivity contribution in [1.82, 2.24) is 5.32 Å². The maximum atomic E-state index is 12.4. The molecule has 2 amide bonds. The maximum absolute atomic E-state index is 12.4. The summed E-state index contributed by atoms with van der Waals surface area (Å²) < 4.78 is 16.2. The number of nitrogens with one attached hydrogen (secondary N) is 2. The number of urea groups is 1. The summed E-state index contributed by atoms with van der Waals surface area (Å²) in [7, 11) is 3.03. The molecule has 2 N–H and O–H groups in total. The number of halogens is 1. The molecule has 1 aliphatic heterocycles. The molecule has 0 unspecified atom stereocenters. The Hall–Kier alpha value is -3.52. The van der Waals surface area contributed by atoms with Gasteiger partial charge < -0.3 is 24.8 Å². The predicted molar refractivity (Wildman–Crippen MR) is 129 cm³/mol. The topological polar surface area (TPSA) is 103 Å². The van der Waals surface area contributed by atoms with Crippen LogP contribution in [-0.4, -0.2) is 32.1 Å². The van der Waals surface area contributed by atoms with Crippen LogP contribution in [0, 0.1) is 6.92 Å². The number of anilines is 1. The van der Waals surface area contributed by atoms with E-state index in [4.69, 9.17) is 25.8 Å². The van der Waals surface area contributed by atoms with Crippen molar-refractivity contribution in [2.45, 2.75) is 39.7 Å². The normalized spacial score (nSPS) is 12.6. The van der Waals surface area contributed by atoms with Gasteiger partial charge in [-0.25, -0.2) is 9.59 Å². The molecule has 2 aromatic carbocycles. The number of allylic oxidation sites excluding steroid dienone is 2. The molecule has 0 aromatic heterocycles. The minimum absolute atomic E-state index is 0.126. The van der Waals surface area contributed by atoms with Gasteiger partial charge in [0.1, 0.15) is 18.1 Å². The van der Waals surface area contributed by atoms with Gasteiger partial charge in [-0.1, -0.05) is 35.4 Å². The maximum Gasteiger partial charge on any atom is 0.341 e. The first-order valence-corrected chi connectivity index (χ1v) is 11.1. The molecule has 8 nitrogen and oxygen atoms in total. The second kappa shape index (κ2) is 11.1. The predicted octanol–water partition coefficient (Wildman–Crippen LogP) is 4.95. The van der Waals surface area contributed by atoms with Crippen molar-refractivity contribution in [3.05, 3.63) is 63.2 Å². The molecule has 0 spiro atoms. The third-order valence-electron chi connectivity index (χ3n) is 5.58. The zero-order valence-electron chi connectivity index (χ0n) is 19.5. The Labute approximate surface area is 203 Å². The largest absolute Gasteiger partial charge is 0.496 e. The van der Waals surface area contributed by atoms with Crippen LogP contribution in [0.2, 0.25) is 5.02 Å². The van der Waals surface area contributed by atoms with E-state index in [2.05, 4.69) is 10.6 Å². The molecule has 1 heterocycles. The van der Waals surface area contributed by atoms with Gasteiger partial charge in [-0.05, 0) is 44.4 Å². The number of methoxy groups -OCH3 is 1. The zero-order chi connectivity index (χ0) is 24.8. The number of hydrogen-bond donors (Lipinski definition) is 2. The molecule has 0 atom stereocenters. The molecule has 1 aliphatic rings. The van der Waals surface area contributed by atoms with Gasteiger partial charge in [0.05, 0.1) is 23.4 Å². The van der Waals surface area contributed by atoms with Crippen molar-refractivity contribution in [1.29, 1.82) is 0 Å². The number of para-hydroxylation sites is 1. The van der Waals surface area contributed by atoms with Crippen molar-refractivity contribution in [3.8, 4) is 11.5 Å². The highest BCUT2D eigenvalue weighted by molar-refractivity contribution is 6.32. The van der Waals surface area contributed by atoms with Gasteiger partial charge in [-0.15, -0.1) is 0 Å². The molecule has 2 aromatic rings. The monoisotopic (exact) mass is 486 g/mol. The summed E-state index contributed by atoms with van der Waals surface area (Å²) in [6.07, 6.45) is 2.94. The quantitative estimate of drug-likeness (QED) is 0.311. The van der Waals surface area contributed by atoms with Gasteiger partial charge in [-0.2, -0.15) is 0 Å².